The Hall–Kier alpha value is -1.55. The fraction of sp³-hybridized carbons (Fsp3) is 0.467. The number of anilines is 1. The third-order valence-corrected chi connectivity index (χ3v) is 3.60. The van der Waals surface area contributed by atoms with Gasteiger partial charge in [0, 0.05) is 18.5 Å². The number of hydrogen-bond acceptors (Lipinski definition) is 3. The van der Waals surface area contributed by atoms with Gasteiger partial charge in [-0.25, -0.2) is 0 Å². The van der Waals surface area contributed by atoms with Crippen molar-refractivity contribution in [2.24, 2.45) is 5.92 Å². The van der Waals surface area contributed by atoms with E-state index < -0.39 is 10.2 Å². The van der Waals surface area contributed by atoms with Gasteiger partial charge in [0.05, 0.1) is 12.3 Å². The third-order valence-electron chi connectivity index (χ3n) is 2.56. The zero-order valence-corrected chi connectivity index (χ0v) is 13.4. The van der Waals surface area contributed by atoms with Gasteiger partial charge in [0.25, 0.3) is 10.2 Å². The van der Waals surface area contributed by atoms with Gasteiger partial charge in [0.2, 0.25) is 0 Å². The second-order valence-corrected chi connectivity index (χ2v) is 6.67. The van der Waals surface area contributed by atoms with E-state index in [-0.39, 0.29) is 12.5 Å². The van der Waals surface area contributed by atoms with Crippen molar-refractivity contribution in [3.63, 3.8) is 0 Å². The molecule has 0 bridgehead atoms. The minimum atomic E-state index is -3.62. The average Bonchev–Trinajstić information content (AvgIpc) is 2.39. The fourth-order valence-corrected chi connectivity index (χ4v) is 2.61. The molecule has 5 nitrogen and oxygen atoms in total. The number of nitrogens with one attached hydrogen (secondary N) is 2. The monoisotopic (exact) mass is 310 g/mol. The Labute approximate surface area is 127 Å². The van der Waals surface area contributed by atoms with Crippen LogP contribution in [0.3, 0.4) is 0 Å². The SMILES string of the molecule is Cc1ccc(C#CCCO)c(NS(=O)(=O)NCC(C)C)c1. The van der Waals surface area contributed by atoms with Crippen LogP contribution < -0.4 is 9.44 Å². The summed E-state index contributed by atoms with van der Waals surface area (Å²) < 4.78 is 29.0. The lowest BCUT2D eigenvalue weighted by molar-refractivity contribution is 0.305. The molecule has 0 aromatic heterocycles. The minimum Gasteiger partial charge on any atom is -0.395 e. The van der Waals surface area contributed by atoms with Crippen LogP contribution in [0.15, 0.2) is 18.2 Å². The highest BCUT2D eigenvalue weighted by atomic mass is 32.2. The van der Waals surface area contributed by atoms with Gasteiger partial charge < -0.3 is 5.11 Å². The second kappa shape index (κ2) is 8.03. The lowest BCUT2D eigenvalue weighted by Gasteiger charge is -2.12. The highest BCUT2D eigenvalue weighted by Gasteiger charge is 2.12. The molecule has 1 aromatic rings. The van der Waals surface area contributed by atoms with E-state index in [1.807, 2.05) is 26.8 Å². The Morgan fingerprint density at radius 3 is 2.67 bits per heavy atom. The van der Waals surface area contributed by atoms with Crippen molar-refractivity contribution in [2.75, 3.05) is 17.9 Å². The number of hydrogen-bond donors (Lipinski definition) is 3. The summed E-state index contributed by atoms with van der Waals surface area (Å²) in [4.78, 5) is 0. The van der Waals surface area contributed by atoms with Crippen LogP contribution in [0, 0.1) is 24.7 Å². The van der Waals surface area contributed by atoms with Crippen LogP contribution in [0.1, 0.15) is 31.4 Å². The first kappa shape index (κ1) is 17.5. The standard InChI is InChI=1S/C15H22N2O3S/c1-12(2)11-16-21(19,20)17-15-10-13(3)7-8-14(15)6-4-5-9-18/h7-8,10,12,16-18H,5,9,11H2,1-3H3. The van der Waals surface area contributed by atoms with Gasteiger partial charge in [-0.05, 0) is 30.5 Å². The molecule has 0 amide bonds. The van der Waals surface area contributed by atoms with Gasteiger partial charge in [-0.1, -0.05) is 31.8 Å². The lowest BCUT2D eigenvalue weighted by Crippen LogP contribution is -2.33. The maximum atomic E-state index is 12.0. The summed E-state index contributed by atoms with van der Waals surface area (Å²) in [5.74, 6) is 5.88. The number of aliphatic hydroxyl groups excluding tert-OH is 1. The molecule has 0 radical (unpaired) electrons. The molecule has 1 rings (SSSR count). The van der Waals surface area contributed by atoms with Crippen LogP contribution in [0.5, 0.6) is 0 Å². The molecular weight excluding hydrogens is 288 g/mol. The predicted octanol–water partition coefficient (Wildman–Crippen LogP) is 1.63. The summed E-state index contributed by atoms with van der Waals surface area (Å²) in [6.07, 6.45) is 0.353. The van der Waals surface area contributed by atoms with Crippen LogP contribution in [0.4, 0.5) is 5.69 Å². The van der Waals surface area contributed by atoms with Crippen LogP contribution >= 0.6 is 0 Å². The molecule has 0 unspecified atom stereocenters. The average molecular weight is 310 g/mol. The smallest absolute Gasteiger partial charge is 0.299 e. The number of rotatable bonds is 6. The summed E-state index contributed by atoms with van der Waals surface area (Å²) in [5, 5.41) is 8.74. The molecule has 116 valence electrons. The Kier molecular flexibility index (Phi) is 6.69. The molecule has 0 saturated carbocycles. The molecule has 21 heavy (non-hydrogen) atoms. The van der Waals surface area contributed by atoms with Crippen LogP contribution in [-0.2, 0) is 10.2 Å². The van der Waals surface area contributed by atoms with Crippen molar-refractivity contribution in [3.05, 3.63) is 29.3 Å². The summed E-state index contributed by atoms with van der Waals surface area (Å²) in [6, 6.07) is 5.36. The van der Waals surface area contributed by atoms with E-state index in [4.69, 9.17) is 5.11 Å². The normalized spacial score (nSPS) is 11.1. The quantitative estimate of drug-likeness (QED) is 0.699. The van der Waals surface area contributed by atoms with E-state index in [1.165, 1.54) is 0 Å². The van der Waals surface area contributed by atoms with Crippen molar-refractivity contribution < 1.29 is 13.5 Å². The van der Waals surface area contributed by atoms with E-state index in [9.17, 15) is 8.42 Å². The first-order chi connectivity index (χ1) is 9.84. The van der Waals surface area contributed by atoms with Gasteiger partial charge in [-0.3, -0.25) is 4.72 Å². The molecule has 1 aromatic carbocycles. The van der Waals surface area contributed by atoms with Gasteiger partial charge in [0.1, 0.15) is 0 Å². The predicted molar refractivity (Wildman–Crippen MR) is 85.1 cm³/mol. The van der Waals surface area contributed by atoms with E-state index >= 15 is 0 Å². The largest absolute Gasteiger partial charge is 0.395 e. The molecule has 0 aliphatic carbocycles. The molecule has 0 aliphatic rings. The van der Waals surface area contributed by atoms with Gasteiger partial charge >= 0.3 is 0 Å². The first-order valence-electron chi connectivity index (χ1n) is 6.82. The van der Waals surface area contributed by atoms with E-state index in [1.54, 1.807) is 12.1 Å². The summed E-state index contributed by atoms with van der Waals surface area (Å²) in [5.41, 5.74) is 1.96. The second-order valence-electron chi connectivity index (χ2n) is 5.17. The molecule has 0 atom stereocenters. The van der Waals surface area contributed by atoms with Crippen molar-refractivity contribution in [2.45, 2.75) is 27.2 Å². The molecule has 6 heteroatoms. The lowest BCUT2D eigenvalue weighted by atomic mass is 10.1. The minimum absolute atomic E-state index is 0.0180. The summed E-state index contributed by atoms with van der Waals surface area (Å²) in [7, 11) is -3.62. The van der Waals surface area contributed by atoms with Crippen LogP contribution in [0.2, 0.25) is 0 Å². The molecular formula is C15H22N2O3S. The van der Waals surface area contributed by atoms with E-state index in [0.29, 0.717) is 24.2 Å². The number of benzene rings is 1. The fourth-order valence-electron chi connectivity index (χ4n) is 1.52. The zero-order valence-electron chi connectivity index (χ0n) is 12.6. The molecule has 0 saturated heterocycles. The summed E-state index contributed by atoms with van der Waals surface area (Å²) >= 11 is 0. The number of aliphatic hydroxyl groups is 1. The van der Waals surface area contributed by atoms with Crippen LogP contribution in [0.25, 0.3) is 0 Å². The van der Waals surface area contributed by atoms with E-state index in [2.05, 4.69) is 21.3 Å². The molecule has 0 fully saturated rings. The topological polar surface area (TPSA) is 78.4 Å². The Bertz CT molecular complexity index is 628. The van der Waals surface area contributed by atoms with Gasteiger partial charge in [-0.15, -0.1) is 0 Å². The molecule has 0 heterocycles. The summed E-state index contributed by atoms with van der Waals surface area (Å²) in [6.45, 7) is 6.09. The Morgan fingerprint density at radius 2 is 2.05 bits per heavy atom. The van der Waals surface area contributed by atoms with Gasteiger partial charge in [0.15, 0.2) is 0 Å². The Balaban J connectivity index is 2.96. The molecule has 0 aliphatic heterocycles. The highest BCUT2D eigenvalue weighted by Crippen LogP contribution is 2.17. The van der Waals surface area contributed by atoms with Gasteiger partial charge in [-0.2, -0.15) is 13.1 Å². The van der Waals surface area contributed by atoms with Crippen molar-refractivity contribution in [1.29, 1.82) is 0 Å². The van der Waals surface area contributed by atoms with Crippen molar-refractivity contribution in [3.8, 4) is 11.8 Å². The van der Waals surface area contributed by atoms with Crippen molar-refractivity contribution in [1.82, 2.24) is 4.72 Å². The van der Waals surface area contributed by atoms with Crippen molar-refractivity contribution >= 4 is 15.9 Å². The maximum Gasteiger partial charge on any atom is 0.299 e. The molecule has 3 N–H and O–H groups in total. The number of aryl methyl sites for hydroxylation is 1. The zero-order chi connectivity index (χ0) is 15.9. The third kappa shape index (κ3) is 6.63. The first-order valence-corrected chi connectivity index (χ1v) is 8.30. The maximum absolute atomic E-state index is 12.0. The van der Waals surface area contributed by atoms with E-state index in [0.717, 1.165) is 5.56 Å². The highest BCUT2D eigenvalue weighted by molar-refractivity contribution is 7.90. The van der Waals surface area contributed by atoms with Crippen LogP contribution in [-0.4, -0.2) is 26.7 Å². The molecule has 0 spiro atoms. The Morgan fingerprint density at radius 1 is 1.33 bits per heavy atom.